The third-order valence-corrected chi connectivity index (χ3v) is 2.06. The largest absolute Gasteiger partial charge is 0.863 e. The van der Waals surface area contributed by atoms with E-state index in [2.05, 4.69) is 5.73 Å². The average Bonchev–Trinajstić information content (AvgIpc) is 2.38. The zero-order valence-electron chi connectivity index (χ0n) is 11.0. The van der Waals surface area contributed by atoms with Crippen LogP contribution in [0.1, 0.15) is 6.92 Å². The van der Waals surface area contributed by atoms with Crippen molar-refractivity contribution in [2.45, 2.75) is 13.0 Å². The second-order valence-electron chi connectivity index (χ2n) is 3.82. The first-order chi connectivity index (χ1) is 9.98. The molecule has 120 valence electrons. The molecule has 0 bridgehead atoms. The number of hydrogen-bond acceptors (Lipinski definition) is 8. The van der Waals surface area contributed by atoms with Gasteiger partial charge in [0.2, 0.25) is 0 Å². The van der Waals surface area contributed by atoms with Crippen molar-refractivity contribution in [3.63, 3.8) is 0 Å². The summed E-state index contributed by atoms with van der Waals surface area (Å²) < 4.78 is 0. The molecular weight excluding hydrogens is 308 g/mol. The normalized spacial score (nSPS) is 10.8. The third kappa shape index (κ3) is 4.97. The Labute approximate surface area is 121 Å². The van der Waals surface area contributed by atoms with Gasteiger partial charge in [-0.1, -0.05) is 0 Å². The molecule has 1 aromatic carbocycles. The smallest absolute Gasteiger partial charge is 0.362 e. The summed E-state index contributed by atoms with van der Waals surface area (Å²) in [6, 6.07) is 0.287. The molecule has 0 radical (unpaired) electrons. The molecule has 1 rings (SSSR count). The molecule has 13 nitrogen and oxygen atoms in total. The van der Waals surface area contributed by atoms with E-state index >= 15 is 0 Å². The van der Waals surface area contributed by atoms with Gasteiger partial charge in [-0.05, 0) is 6.92 Å². The van der Waals surface area contributed by atoms with Crippen molar-refractivity contribution < 1.29 is 35.5 Å². The topological polar surface area (TPSA) is 217 Å². The zero-order valence-corrected chi connectivity index (χ0v) is 11.0. The number of aliphatic carboxylic acids is 1. The molecule has 0 aliphatic carbocycles. The molecule has 0 spiro atoms. The highest BCUT2D eigenvalue weighted by Gasteiger charge is 2.24. The molecule has 0 unspecified atom stereocenters. The number of carboxylic acids is 1. The summed E-state index contributed by atoms with van der Waals surface area (Å²) >= 11 is 0. The lowest BCUT2D eigenvalue weighted by molar-refractivity contribution is -0.420. The Morgan fingerprint density at radius 1 is 1.09 bits per heavy atom. The van der Waals surface area contributed by atoms with Gasteiger partial charge in [-0.25, -0.2) is 4.79 Å². The van der Waals surface area contributed by atoms with Crippen LogP contribution in [-0.2, 0) is 4.79 Å². The molecule has 22 heavy (non-hydrogen) atoms. The van der Waals surface area contributed by atoms with Gasteiger partial charge in [-0.3, -0.25) is 30.3 Å². The molecule has 0 saturated heterocycles. The molecule has 13 heteroatoms. The van der Waals surface area contributed by atoms with Crippen LogP contribution in [0.3, 0.4) is 0 Å². The maximum atomic E-state index is 11.1. The Morgan fingerprint density at radius 2 is 1.41 bits per heavy atom. The van der Waals surface area contributed by atoms with Crippen molar-refractivity contribution in [2.75, 3.05) is 0 Å². The highest BCUT2D eigenvalue weighted by atomic mass is 16.6. The van der Waals surface area contributed by atoms with Crippen LogP contribution in [0.15, 0.2) is 12.1 Å². The van der Waals surface area contributed by atoms with Gasteiger partial charge in [0, 0.05) is 0 Å². The molecule has 4 N–H and O–H groups in total. The van der Waals surface area contributed by atoms with Gasteiger partial charge in [-0.15, -0.1) is 0 Å². The first-order valence-electron chi connectivity index (χ1n) is 5.33. The maximum Gasteiger partial charge on any atom is 0.362 e. The van der Waals surface area contributed by atoms with Gasteiger partial charge in [0.25, 0.3) is 17.1 Å². The lowest BCUT2D eigenvalue weighted by Crippen LogP contribution is -2.63. The van der Waals surface area contributed by atoms with Crippen LogP contribution in [0.5, 0.6) is 5.75 Å². The number of benzene rings is 1. The maximum absolute atomic E-state index is 11.1. The molecule has 0 saturated carbocycles. The molecule has 0 aromatic heterocycles. The van der Waals surface area contributed by atoms with Gasteiger partial charge in [-0.2, -0.15) is 0 Å². The summed E-state index contributed by atoms with van der Waals surface area (Å²) in [6.07, 6.45) is 0. The van der Waals surface area contributed by atoms with Crippen LogP contribution in [0.2, 0.25) is 0 Å². The minimum Gasteiger partial charge on any atom is -0.863 e. The number of nitro groups is 3. The summed E-state index contributed by atoms with van der Waals surface area (Å²) in [7, 11) is 0. The third-order valence-electron chi connectivity index (χ3n) is 2.06. The predicted octanol–water partition coefficient (Wildman–Crippen LogP) is -0.814. The number of non-ortho nitro benzene ring substituents is 1. The molecule has 1 aromatic rings. The van der Waals surface area contributed by atoms with Crippen molar-refractivity contribution in [3.8, 4) is 5.75 Å². The van der Waals surface area contributed by atoms with Crippen LogP contribution in [0.25, 0.3) is 0 Å². The molecule has 0 aliphatic rings. The number of hydrogen-bond donors (Lipinski definition) is 2. The van der Waals surface area contributed by atoms with Crippen molar-refractivity contribution in [3.05, 3.63) is 42.5 Å². The van der Waals surface area contributed by atoms with Crippen molar-refractivity contribution in [1.82, 2.24) is 0 Å². The van der Waals surface area contributed by atoms with E-state index in [1.54, 1.807) is 0 Å². The Hall–Kier alpha value is -3.35. The van der Waals surface area contributed by atoms with E-state index in [1.807, 2.05) is 0 Å². The van der Waals surface area contributed by atoms with Gasteiger partial charge in [0.05, 0.1) is 32.7 Å². The van der Waals surface area contributed by atoms with Gasteiger partial charge < -0.3 is 15.9 Å². The van der Waals surface area contributed by atoms with Crippen molar-refractivity contribution >= 4 is 23.0 Å². The first kappa shape index (κ1) is 18.7. The Bertz CT molecular complexity index is 593. The van der Waals surface area contributed by atoms with E-state index in [1.165, 1.54) is 6.92 Å². The molecule has 0 fully saturated rings. The zero-order chi connectivity index (χ0) is 17.6. The summed E-state index contributed by atoms with van der Waals surface area (Å²) in [5, 5.41) is 50.0. The van der Waals surface area contributed by atoms with Crippen LogP contribution in [0.4, 0.5) is 17.1 Å². The van der Waals surface area contributed by atoms with E-state index < -0.39 is 49.6 Å². The molecule has 0 heterocycles. The molecule has 0 amide bonds. The minimum atomic E-state index is -1.46. The number of rotatable bonds is 4. The molecule has 0 aliphatic heterocycles. The molecule has 1 atom stereocenters. The standard InChI is InChI=1S/C6H3N3O7.C3H7NO2/c10-6-4(8(13)14)1-3(7(11)12)2-5(6)9(15)16;1-2(4)3(5)6/h1-2,10H;2H,4H2,1H3,(H,5,6)/t;2-/m.0/s1. The number of nitrogens with zero attached hydrogens (tertiary/aromatic N) is 3. The van der Waals surface area contributed by atoms with E-state index in [-0.39, 0.29) is 0 Å². The quantitative estimate of drug-likeness (QED) is 0.522. The highest BCUT2D eigenvalue weighted by Crippen LogP contribution is 2.36. The van der Waals surface area contributed by atoms with E-state index in [4.69, 9.17) is 5.11 Å². The van der Waals surface area contributed by atoms with Crippen LogP contribution >= 0.6 is 0 Å². The summed E-state index contributed by atoms with van der Waals surface area (Å²) in [5.41, 5.74) is -0.0256. The summed E-state index contributed by atoms with van der Waals surface area (Å²) in [4.78, 5) is 37.2. The van der Waals surface area contributed by atoms with Crippen LogP contribution in [0, 0.1) is 30.3 Å². The van der Waals surface area contributed by atoms with E-state index in [0.717, 1.165) is 0 Å². The summed E-state index contributed by atoms with van der Waals surface area (Å²) in [5.74, 6) is -2.31. The Balaban J connectivity index is 0.000000626. The second-order valence-corrected chi connectivity index (χ2v) is 3.82. The fraction of sp³-hybridized carbons (Fsp3) is 0.222. The SMILES string of the molecule is C[C@H]([NH3+])C(=O)O.O=[N+]([O-])c1cc([N+](=O)[O-])c([O-])c([N+](=O)[O-])c1. The average molecular weight is 318 g/mol. The fourth-order valence-electron chi connectivity index (χ4n) is 0.961. The summed E-state index contributed by atoms with van der Waals surface area (Å²) in [6.45, 7) is 1.53. The van der Waals surface area contributed by atoms with Gasteiger partial charge in [0.1, 0.15) is 0 Å². The second kappa shape index (κ2) is 7.44. The minimum absolute atomic E-state index is 0.384. The Kier molecular flexibility index (Phi) is 6.30. The van der Waals surface area contributed by atoms with Crippen molar-refractivity contribution in [2.24, 2.45) is 0 Å². The number of nitro benzene ring substituents is 3. The van der Waals surface area contributed by atoms with Gasteiger partial charge in [0.15, 0.2) is 6.04 Å². The number of quaternary nitrogens is 1. The molecular formula is C9H10N4O9. The number of carbonyl (C=O) groups is 1. The van der Waals surface area contributed by atoms with E-state index in [9.17, 15) is 40.2 Å². The van der Waals surface area contributed by atoms with Crippen LogP contribution in [-0.4, -0.2) is 31.9 Å². The highest BCUT2D eigenvalue weighted by molar-refractivity contribution is 5.70. The predicted molar refractivity (Wildman–Crippen MR) is 65.8 cm³/mol. The number of carboxylic acid groups (broad SMARTS) is 1. The van der Waals surface area contributed by atoms with Gasteiger partial charge >= 0.3 is 5.97 Å². The van der Waals surface area contributed by atoms with Crippen molar-refractivity contribution in [1.29, 1.82) is 0 Å². The van der Waals surface area contributed by atoms with Crippen LogP contribution < -0.4 is 10.8 Å². The lowest BCUT2D eigenvalue weighted by Gasteiger charge is -2.06. The fourth-order valence-corrected chi connectivity index (χ4v) is 0.961. The monoisotopic (exact) mass is 318 g/mol. The Morgan fingerprint density at radius 3 is 1.59 bits per heavy atom. The first-order valence-corrected chi connectivity index (χ1v) is 5.33. The van der Waals surface area contributed by atoms with E-state index in [0.29, 0.717) is 12.1 Å². The lowest BCUT2D eigenvalue weighted by atomic mass is 10.2.